The number of hydrogen-bond acceptors (Lipinski definition) is 7. The number of benzene rings is 2. The molecule has 0 radical (unpaired) electrons. The molecular formula is C21H20FN7O2. The van der Waals surface area contributed by atoms with E-state index in [1.165, 1.54) is 24.9 Å². The standard InChI is InChI=1S/C21H20FN7O2/c1-28(21(30)31-2)17-18(23)25-20(26-19(17)24)29-16-10-6-4-8-13(16)15(27-29)11-12-7-3-5-9-14(12)22/h3-10H,11H2,1-2H3,(H4,23,24,25,26). The first-order valence-electron chi connectivity index (χ1n) is 9.35. The van der Waals surface area contributed by atoms with Gasteiger partial charge in [-0.05, 0) is 17.7 Å². The van der Waals surface area contributed by atoms with Gasteiger partial charge in [0.1, 0.15) is 11.5 Å². The molecule has 2 heterocycles. The van der Waals surface area contributed by atoms with Gasteiger partial charge in [0.25, 0.3) is 5.95 Å². The number of para-hydroxylation sites is 1. The van der Waals surface area contributed by atoms with Crippen molar-refractivity contribution < 1.29 is 13.9 Å². The van der Waals surface area contributed by atoms with Crippen molar-refractivity contribution in [1.82, 2.24) is 19.7 Å². The van der Waals surface area contributed by atoms with Gasteiger partial charge in [0, 0.05) is 18.9 Å². The van der Waals surface area contributed by atoms with Crippen LogP contribution in [0.5, 0.6) is 0 Å². The number of amides is 1. The minimum atomic E-state index is -0.661. The molecule has 31 heavy (non-hydrogen) atoms. The van der Waals surface area contributed by atoms with Crippen molar-refractivity contribution in [2.75, 3.05) is 30.5 Å². The summed E-state index contributed by atoms with van der Waals surface area (Å²) in [4.78, 5) is 21.6. The summed E-state index contributed by atoms with van der Waals surface area (Å²) in [5.41, 5.74) is 14.2. The highest BCUT2D eigenvalue weighted by molar-refractivity contribution is 5.94. The molecule has 2 aromatic carbocycles. The van der Waals surface area contributed by atoms with Gasteiger partial charge < -0.3 is 16.2 Å². The number of ether oxygens (including phenoxy) is 1. The Balaban J connectivity index is 1.82. The maximum atomic E-state index is 14.2. The van der Waals surface area contributed by atoms with Crippen LogP contribution in [0.4, 0.5) is 26.5 Å². The number of carbonyl (C=O) groups excluding carboxylic acids is 1. The molecule has 0 unspecified atom stereocenters. The van der Waals surface area contributed by atoms with Gasteiger partial charge in [0.05, 0.1) is 18.3 Å². The van der Waals surface area contributed by atoms with Gasteiger partial charge in [-0.15, -0.1) is 0 Å². The van der Waals surface area contributed by atoms with Crippen LogP contribution in [0.1, 0.15) is 11.3 Å². The van der Waals surface area contributed by atoms with E-state index in [-0.39, 0.29) is 35.5 Å². The zero-order chi connectivity index (χ0) is 22.1. The summed E-state index contributed by atoms with van der Waals surface area (Å²) in [7, 11) is 2.69. The Hall–Kier alpha value is -4.21. The predicted molar refractivity (Wildman–Crippen MR) is 115 cm³/mol. The van der Waals surface area contributed by atoms with Crippen LogP contribution in [0.25, 0.3) is 16.9 Å². The molecule has 0 saturated heterocycles. The van der Waals surface area contributed by atoms with Crippen LogP contribution in [-0.2, 0) is 11.2 Å². The van der Waals surface area contributed by atoms with Crippen LogP contribution >= 0.6 is 0 Å². The summed E-state index contributed by atoms with van der Waals surface area (Å²) in [5.74, 6) is -0.190. The van der Waals surface area contributed by atoms with Crippen molar-refractivity contribution in [1.29, 1.82) is 0 Å². The molecule has 0 aliphatic carbocycles. The monoisotopic (exact) mass is 421 g/mol. The fraction of sp³-hybridized carbons (Fsp3) is 0.143. The van der Waals surface area contributed by atoms with Crippen LogP contribution < -0.4 is 16.4 Å². The summed E-state index contributed by atoms with van der Waals surface area (Å²) >= 11 is 0. The number of nitrogens with two attached hydrogens (primary N) is 2. The second-order valence-corrected chi connectivity index (χ2v) is 6.82. The Bertz CT molecular complexity index is 1260. The van der Waals surface area contributed by atoms with Crippen LogP contribution in [0.3, 0.4) is 0 Å². The van der Waals surface area contributed by atoms with Gasteiger partial charge in [-0.3, -0.25) is 4.90 Å². The number of hydrogen-bond donors (Lipinski definition) is 2. The fourth-order valence-corrected chi connectivity index (χ4v) is 3.38. The van der Waals surface area contributed by atoms with Crippen LogP contribution in [0.15, 0.2) is 48.5 Å². The average molecular weight is 421 g/mol. The van der Waals surface area contributed by atoms with E-state index in [0.29, 0.717) is 16.8 Å². The molecule has 4 rings (SSSR count). The van der Waals surface area contributed by atoms with E-state index in [9.17, 15) is 9.18 Å². The molecule has 0 fully saturated rings. The summed E-state index contributed by atoms with van der Waals surface area (Å²) in [5, 5.41) is 5.43. The van der Waals surface area contributed by atoms with Crippen molar-refractivity contribution in [3.63, 3.8) is 0 Å². The topological polar surface area (TPSA) is 125 Å². The third-order valence-corrected chi connectivity index (χ3v) is 4.88. The Labute approximate surface area is 177 Å². The SMILES string of the molecule is COC(=O)N(C)c1c(N)nc(-n2nc(Cc3ccccc3F)c3ccccc32)nc1N. The number of fused-ring (bicyclic) bond motifs is 1. The summed E-state index contributed by atoms with van der Waals surface area (Å²) in [6.45, 7) is 0. The van der Waals surface area contributed by atoms with Crippen molar-refractivity contribution in [3.8, 4) is 5.95 Å². The van der Waals surface area contributed by atoms with Gasteiger partial charge in [-0.1, -0.05) is 36.4 Å². The van der Waals surface area contributed by atoms with Gasteiger partial charge in [-0.2, -0.15) is 19.7 Å². The highest BCUT2D eigenvalue weighted by atomic mass is 19.1. The number of nitrogens with zero attached hydrogens (tertiary/aromatic N) is 5. The number of carbonyl (C=O) groups is 1. The molecule has 158 valence electrons. The van der Waals surface area contributed by atoms with Crippen molar-refractivity contribution in [3.05, 3.63) is 65.6 Å². The number of anilines is 3. The largest absolute Gasteiger partial charge is 0.452 e. The second-order valence-electron chi connectivity index (χ2n) is 6.82. The molecule has 0 atom stereocenters. The van der Waals surface area contributed by atoms with E-state index < -0.39 is 6.09 Å². The van der Waals surface area contributed by atoms with E-state index in [2.05, 4.69) is 15.1 Å². The molecular weight excluding hydrogens is 401 g/mol. The zero-order valence-electron chi connectivity index (χ0n) is 16.9. The molecule has 0 spiro atoms. The molecule has 4 aromatic rings. The third kappa shape index (κ3) is 3.59. The molecule has 9 nitrogen and oxygen atoms in total. The molecule has 0 bridgehead atoms. The third-order valence-electron chi connectivity index (χ3n) is 4.88. The summed E-state index contributed by atoms with van der Waals surface area (Å²) in [6, 6.07) is 14.0. The number of rotatable bonds is 4. The first-order chi connectivity index (χ1) is 14.9. The van der Waals surface area contributed by atoms with Gasteiger partial charge in [0.15, 0.2) is 11.6 Å². The van der Waals surface area contributed by atoms with E-state index in [1.807, 2.05) is 24.3 Å². The number of aromatic nitrogens is 4. The molecule has 0 aliphatic rings. The number of methoxy groups -OCH3 is 1. The van der Waals surface area contributed by atoms with E-state index in [0.717, 1.165) is 10.3 Å². The predicted octanol–water partition coefficient (Wildman–Crippen LogP) is 2.91. The van der Waals surface area contributed by atoms with Crippen molar-refractivity contribution >= 4 is 34.3 Å². The smallest absolute Gasteiger partial charge is 0.413 e. The Kier molecular flexibility index (Phi) is 5.12. The van der Waals surface area contributed by atoms with Gasteiger partial charge in [-0.25, -0.2) is 9.18 Å². The Morgan fingerprint density at radius 1 is 1.10 bits per heavy atom. The average Bonchev–Trinajstić information content (AvgIpc) is 3.12. The summed E-state index contributed by atoms with van der Waals surface area (Å²) in [6.07, 6.45) is -0.375. The van der Waals surface area contributed by atoms with E-state index in [1.54, 1.807) is 18.2 Å². The lowest BCUT2D eigenvalue weighted by Gasteiger charge is -2.18. The normalized spacial score (nSPS) is 10.9. The quantitative estimate of drug-likeness (QED) is 0.519. The van der Waals surface area contributed by atoms with Crippen molar-refractivity contribution in [2.24, 2.45) is 0 Å². The van der Waals surface area contributed by atoms with Crippen LogP contribution in [0.2, 0.25) is 0 Å². The Morgan fingerprint density at radius 2 is 1.74 bits per heavy atom. The molecule has 0 saturated carbocycles. The highest BCUT2D eigenvalue weighted by Gasteiger charge is 2.22. The van der Waals surface area contributed by atoms with E-state index in [4.69, 9.17) is 16.2 Å². The Morgan fingerprint density at radius 3 is 2.42 bits per heavy atom. The maximum absolute atomic E-state index is 14.2. The van der Waals surface area contributed by atoms with Crippen LogP contribution in [0, 0.1) is 5.82 Å². The molecule has 1 amide bonds. The van der Waals surface area contributed by atoms with Gasteiger partial charge in [0.2, 0.25) is 0 Å². The van der Waals surface area contributed by atoms with Crippen molar-refractivity contribution in [2.45, 2.75) is 6.42 Å². The lowest BCUT2D eigenvalue weighted by atomic mass is 10.1. The molecule has 2 aromatic heterocycles. The zero-order valence-corrected chi connectivity index (χ0v) is 16.9. The van der Waals surface area contributed by atoms with E-state index >= 15 is 0 Å². The highest BCUT2D eigenvalue weighted by Crippen LogP contribution is 2.29. The molecule has 0 aliphatic heterocycles. The summed E-state index contributed by atoms with van der Waals surface area (Å²) < 4.78 is 20.4. The molecule has 10 heteroatoms. The fourth-order valence-electron chi connectivity index (χ4n) is 3.38. The maximum Gasteiger partial charge on any atom is 0.413 e. The minimum absolute atomic E-state index is 0.00867. The molecule has 4 N–H and O–H groups in total. The first kappa shape index (κ1) is 20.1. The lowest BCUT2D eigenvalue weighted by Crippen LogP contribution is -2.28. The number of halogens is 1. The first-order valence-corrected chi connectivity index (χ1v) is 9.35. The second kappa shape index (κ2) is 7.90. The minimum Gasteiger partial charge on any atom is -0.452 e. The van der Waals surface area contributed by atoms with Crippen LogP contribution in [-0.4, -0.2) is 40.0 Å². The van der Waals surface area contributed by atoms with Gasteiger partial charge >= 0.3 is 6.09 Å². The lowest BCUT2D eigenvalue weighted by molar-refractivity contribution is 0.180. The number of nitrogen functional groups attached to an aromatic ring is 2.